The summed E-state index contributed by atoms with van der Waals surface area (Å²) in [6.45, 7) is 6.34. The number of hydrogen-bond acceptors (Lipinski definition) is 4. The number of rotatable bonds is 2. The highest BCUT2D eigenvalue weighted by Gasteiger charge is 2.23. The molecule has 0 bridgehead atoms. The van der Waals surface area contributed by atoms with E-state index in [0.29, 0.717) is 5.92 Å². The van der Waals surface area contributed by atoms with Gasteiger partial charge in [-0.15, -0.1) is 10.2 Å². The first-order valence-electron chi connectivity index (χ1n) is 8.44. The molecule has 6 heteroatoms. The van der Waals surface area contributed by atoms with Crippen molar-refractivity contribution in [3.63, 3.8) is 0 Å². The lowest BCUT2D eigenvalue weighted by atomic mass is 10.1. The first-order chi connectivity index (χ1) is 10.8. The molecule has 2 aromatic heterocycles. The molecule has 4 heterocycles. The number of hydrogen-bond donors (Lipinski definition) is 1. The second-order valence-corrected chi connectivity index (χ2v) is 6.85. The highest BCUT2D eigenvalue weighted by atomic mass is 15.3. The highest BCUT2D eigenvalue weighted by Crippen LogP contribution is 2.22. The maximum atomic E-state index is 4.48. The van der Waals surface area contributed by atoms with Crippen LogP contribution in [0.3, 0.4) is 0 Å². The number of aromatic amines is 1. The van der Waals surface area contributed by atoms with Crippen LogP contribution >= 0.6 is 0 Å². The molecular weight excluding hydrogens is 276 g/mol. The van der Waals surface area contributed by atoms with E-state index < -0.39 is 0 Å². The molecule has 0 aromatic carbocycles. The summed E-state index contributed by atoms with van der Waals surface area (Å²) < 4.78 is 2.36. The molecule has 2 aromatic rings. The number of nitrogens with one attached hydrogen (secondary N) is 1. The van der Waals surface area contributed by atoms with Crippen LogP contribution in [0.15, 0.2) is 6.20 Å². The highest BCUT2D eigenvalue weighted by molar-refractivity contribution is 5.18. The van der Waals surface area contributed by atoms with E-state index in [1.165, 1.54) is 36.3 Å². The van der Waals surface area contributed by atoms with Crippen LogP contribution in [0, 0.1) is 5.92 Å². The fraction of sp³-hybridized carbons (Fsp3) is 0.688. The van der Waals surface area contributed by atoms with E-state index >= 15 is 0 Å². The van der Waals surface area contributed by atoms with Crippen LogP contribution in [0.2, 0.25) is 0 Å². The van der Waals surface area contributed by atoms with Gasteiger partial charge in [-0.2, -0.15) is 5.10 Å². The Bertz CT molecular complexity index is 643. The molecule has 1 unspecified atom stereocenters. The van der Waals surface area contributed by atoms with Crippen molar-refractivity contribution in [2.45, 2.75) is 58.7 Å². The lowest BCUT2D eigenvalue weighted by molar-refractivity contribution is 0.221. The van der Waals surface area contributed by atoms with Crippen LogP contribution in [0.25, 0.3) is 0 Å². The topological polar surface area (TPSA) is 62.6 Å². The number of H-pyrrole nitrogens is 1. The average Bonchev–Trinajstić information content (AvgIpc) is 2.94. The third-order valence-electron chi connectivity index (χ3n) is 4.88. The van der Waals surface area contributed by atoms with Crippen molar-refractivity contribution >= 4 is 0 Å². The summed E-state index contributed by atoms with van der Waals surface area (Å²) in [6.07, 6.45) is 7.95. The lowest BCUT2D eigenvalue weighted by Gasteiger charge is -2.22. The fourth-order valence-electron chi connectivity index (χ4n) is 3.79. The molecule has 4 rings (SSSR count). The number of aromatic nitrogens is 5. The van der Waals surface area contributed by atoms with Crippen LogP contribution in [0.4, 0.5) is 0 Å². The van der Waals surface area contributed by atoms with Crippen molar-refractivity contribution < 1.29 is 0 Å². The van der Waals surface area contributed by atoms with Crippen molar-refractivity contribution in [1.82, 2.24) is 29.9 Å². The van der Waals surface area contributed by atoms with Crippen LogP contribution < -0.4 is 0 Å². The summed E-state index contributed by atoms with van der Waals surface area (Å²) in [4.78, 5) is 2.49. The molecule has 0 saturated carbocycles. The van der Waals surface area contributed by atoms with E-state index in [4.69, 9.17) is 0 Å². The molecule has 0 spiro atoms. The Hall–Kier alpha value is -1.69. The molecule has 0 aliphatic carbocycles. The van der Waals surface area contributed by atoms with Crippen molar-refractivity contribution in [2.75, 3.05) is 6.54 Å². The minimum absolute atomic E-state index is 0.633. The van der Waals surface area contributed by atoms with Crippen LogP contribution in [0.1, 0.15) is 49.1 Å². The van der Waals surface area contributed by atoms with Crippen molar-refractivity contribution in [2.24, 2.45) is 5.92 Å². The molecule has 0 radical (unpaired) electrons. The van der Waals surface area contributed by atoms with Gasteiger partial charge in [0.05, 0.1) is 12.7 Å². The van der Waals surface area contributed by atoms with Gasteiger partial charge in [-0.05, 0) is 25.2 Å². The van der Waals surface area contributed by atoms with Crippen molar-refractivity contribution in [3.05, 3.63) is 29.1 Å². The minimum atomic E-state index is 0.633. The minimum Gasteiger partial charge on any atom is -0.314 e. The zero-order chi connectivity index (χ0) is 14.9. The fourth-order valence-corrected chi connectivity index (χ4v) is 3.79. The standard InChI is InChI=1S/C16H24N6/c1-12-7-14-13(8-17-18-14)10-21(9-12)11-16-20-19-15-5-3-2-4-6-22(15)16/h8,12H,2-7,9-11H2,1H3,(H,17,18). The van der Waals surface area contributed by atoms with Gasteiger partial charge in [0.2, 0.25) is 0 Å². The van der Waals surface area contributed by atoms with Gasteiger partial charge < -0.3 is 4.57 Å². The second-order valence-electron chi connectivity index (χ2n) is 6.85. The Morgan fingerprint density at radius 3 is 3.18 bits per heavy atom. The van der Waals surface area contributed by atoms with Gasteiger partial charge in [0, 0.05) is 37.3 Å². The van der Waals surface area contributed by atoms with Crippen LogP contribution in [0.5, 0.6) is 0 Å². The number of fused-ring (bicyclic) bond motifs is 2. The molecule has 2 aliphatic rings. The van der Waals surface area contributed by atoms with Gasteiger partial charge in [-0.1, -0.05) is 13.3 Å². The van der Waals surface area contributed by atoms with Gasteiger partial charge in [0.1, 0.15) is 11.6 Å². The second kappa shape index (κ2) is 5.83. The Kier molecular flexibility index (Phi) is 3.70. The zero-order valence-electron chi connectivity index (χ0n) is 13.3. The molecule has 0 saturated heterocycles. The molecule has 0 fully saturated rings. The van der Waals surface area contributed by atoms with Gasteiger partial charge in [0.25, 0.3) is 0 Å². The number of aryl methyl sites for hydroxylation is 1. The molecule has 6 nitrogen and oxygen atoms in total. The van der Waals surface area contributed by atoms with Crippen LogP contribution in [-0.4, -0.2) is 36.4 Å². The molecular formula is C16H24N6. The smallest absolute Gasteiger partial charge is 0.147 e. The summed E-state index contributed by atoms with van der Waals surface area (Å²) in [5.41, 5.74) is 2.63. The monoisotopic (exact) mass is 300 g/mol. The normalized spacial score (nSPS) is 22.7. The van der Waals surface area contributed by atoms with Crippen molar-refractivity contribution in [3.8, 4) is 0 Å². The Balaban J connectivity index is 1.55. The van der Waals surface area contributed by atoms with Gasteiger partial charge in [0.15, 0.2) is 0 Å². The predicted molar refractivity (Wildman–Crippen MR) is 83.1 cm³/mol. The van der Waals surface area contributed by atoms with E-state index in [2.05, 4.69) is 36.8 Å². The Morgan fingerprint density at radius 1 is 1.27 bits per heavy atom. The lowest BCUT2D eigenvalue weighted by Crippen LogP contribution is -2.28. The quantitative estimate of drug-likeness (QED) is 0.920. The molecule has 118 valence electrons. The maximum Gasteiger partial charge on any atom is 0.147 e. The molecule has 1 N–H and O–H groups in total. The summed E-state index contributed by atoms with van der Waals surface area (Å²) in [6, 6.07) is 0. The Labute approximate surface area is 130 Å². The SMILES string of the molecule is CC1Cc2[nH]ncc2CN(Cc2nnc3n2CCCCC3)C1. The summed E-state index contributed by atoms with van der Waals surface area (Å²) in [5, 5.41) is 16.3. The van der Waals surface area contributed by atoms with E-state index in [1.807, 2.05) is 6.20 Å². The van der Waals surface area contributed by atoms with Gasteiger partial charge in [-0.3, -0.25) is 10.00 Å². The summed E-state index contributed by atoms with van der Waals surface area (Å²) in [7, 11) is 0. The molecule has 22 heavy (non-hydrogen) atoms. The maximum absolute atomic E-state index is 4.48. The molecule has 0 amide bonds. The largest absolute Gasteiger partial charge is 0.314 e. The van der Waals surface area contributed by atoms with E-state index in [9.17, 15) is 0 Å². The zero-order valence-corrected chi connectivity index (χ0v) is 13.3. The first-order valence-corrected chi connectivity index (χ1v) is 8.44. The predicted octanol–water partition coefficient (Wildman–Crippen LogP) is 1.92. The average molecular weight is 300 g/mol. The Morgan fingerprint density at radius 2 is 2.23 bits per heavy atom. The third kappa shape index (κ3) is 2.67. The van der Waals surface area contributed by atoms with E-state index in [-0.39, 0.29) is 0 Å². The summed E-state index contributed by atoms with van der Waals surface area (Å²) >= 11 is 0. The van der Waals surface area contributed by atoms with Gasteiger partial charge in [-0.25, -0.2) is 0 Å². The van der Waals surface area contributed by atoms with Gasteiger partial charge >= 0.3 is 0 Å². The molecule has 1 atom stereocenters. The molecule has 2 aliphatic heterocycles. The first kappa shape index (κ1) is 13.9. The van der Waals surface area contributed by atoms with E-state index in [0.717, 1.165) is 44.8 Å². The summed E-state index contributed by atoms with van der Waals surface area (Å²) in [5.74, 6) is 2.95. The van der Waals surface area contributed by atoms with E-state index in [1.54, 1.807) is 0 Å². The number of nitrogens with zero attached hydrogens (tertiary/aromatic N) is 5. The van der Waals surface area contributed by atoms with Crippen LogP contribution in [-0.2, 0) is 32.5 Å². The van der Waals surface area contributed by atoms with Crippen molar-refractivity contribution in [1.29, 1.82) is 0 Å². The third-order valence-corrected chi connectivity index (χ3v) is 4.88.